The lowest BCUT2D eigenvalue weighted by Gasteiger charge is -2.15. The summed E-state index contributed by atoms with van der Waals surface area (Å²) in [4.78, 5) is 0. The molecule has 0 amide bonds. The lowest BCUT2D eigenvalue weighted by atomic mass is 9.95. The highest BCUT2D eigenvalue weighted by molar-refractivity contribution is 5.39. The molecule has 0 aromatic heterocycles. The summed E-state index contributed by atoms with van der Waals surface area (Å²) in [7, 11) is 0. The Morgan fingerprint density at radius 1 is 1.00 bits per heavy atom. The summed E-state index contributed by atoms with van der Waals surface area (Å²) in [6.07, 6.45) is 1.09. The van der Waals surface area contributed by atoms with Gasteiger partial charge in [-0.1, -0.05) is 31.2 Å². The number of hydrogen-bond acceptors (Lipinski definition) is 3. The molecule has 3 nitrogen and oxygen atoms in total. The standard InChI is InChI=1S/C19H23NO2/c1-15-14-20-10-9-16-7-8-18(13-19(15)16)22-12-11-21-17-5-3-2-4-6-17/h2-8,13,15,20H,9-12,14H2,1H3. The Hall–Kier alpha value is -2.00. The molecule has 2 aromatic rings. The van der Waals surface area contributed by atoms with Crippen molar-refractivity contribution >= 4 is 0 Å². The SMILES string of the molecule is CC1CNCCc2ccc(OCCOc3ccccc3)cc21. The van der Waals surface area contributed by atoms with Gasteiger partial charge in [-0.2, -0.15) is 0 Å². The fraction of sp³-hybridized carbons (Fsp3) is 0.368. The summed E-state index contributed by atoms with van der Waals surface area (Å²) in [5.41, 5.74) is 2.84. The molecule has 0 spiro atoms. The second kappa shape index (κ2) is 7.32. The summed E-state index contributed by atoms with van der Waals surface area (Å²) in [5, 5.41) is 3.47. The molecule has 1 N–H and O–H groups in total. The maximum absolute atomic E-state index is 5.84. The molecule has 3 rings (SSSR count). The average molecular weight is 297 g/mol. The number of hydrogen-bond donors (Lipinski definition) is 1. The third-order valence-corrected chi connectivity index (χ3v) is 4.03. The van der Waals surface area contributed by atoms with Crippen LogP contribution in [-0.2, 0) is 6.42 Å². The molecule has 0 saturated heterocycles. The van der Waals surface area contributed by atoms with E-state index in [1.165, 1.54) is 11.1 Å². The van der Waals surface area contributed by atoms with Gasteiger partial charge in [0.15, 0.2) is 0 Å². The van der Waals surface area contributed by atoms with Crippen molar-refractivity contribution in [2.75, 3.05) is 26.3 Å². The van der Waals surface area contributed by atoms with Crippen LogP contribution in [0, 0.1) is 0 Å². The predicted molar refractivity (Wildman–Crippen MR) is 88.9 cm³/mol. The van der Waals surface area contributed by atoms with E-state index in [0.29, 0.717) is 19.1 Å². The van der Waals surface area contributed by atoms with Gasteiger partial charge in [-0.3, -0.25) is 0 Å². The maximum Gasteiger partial charge on any atom is 0.122 e. The highest BCUT2D eigenvalue weighted by atomic mass is 16.5. The number of ether oxygens (including phenoxy) is 2. The van der Waals surface area contributed by atoms with Crippen molar-refractivity contribution in [1.82, 2.24) is 5.32 Å². The predicted octanol–water partition coefficient (Wildman–Crippen LogP) is 3.39. The molecule has 0 aliphatic carbocycles. The lowest BCUT2D eigenvalue weighted by molar-refractivity contribution is 0.217. The van der Waals surface area contributed by atoms with Crippen LogP contribution in [0.4, 0.5) is 0 Å². The van der Waals surface area contributed by atoms with Crippen molar-refractivity contribution in [2.45, 2.75) is 19.3 Å². The van der Waals surface area contributed by atoms with Crippen molar-refractivity contribution in [1.29, 1.82) is 0 Å². The van der Waals surface area contributed by atoms with Crippen molar-refractivity contribution < 1.29 is 9.47 Å². The Labute approximate surface area is 132 Å². The number of nitrogens with one attached hydrogen (secondary N) is 1. The fourth-order valence-electron chi connectivity index (χ4n) is 2.84. The molecule has 0 radical (unpaired) electrons. The van der Waals surface area contributed by atoms with Gasteiger partial charge < -0.3 is 14.8 Å². The van der Waals surface area contributed by atoms with Crippen LogP contribution in [0.2, 0.25) is 0 Å². The van der Waals surface area contributed by atoms with E-state index in [4.69, 9.17) is 9.47 Å². The van der Waals surface area contributed by atoms with Gasteiger partial charge in [0.25, 0.3) is 0 Å². The molecule has 1 atom stereocenters. The minimum absolute atomic E-state index is 0.529. The fourth-order valence-corrected chi connectivity index (χ4v) is 2.84. The molecule has 1 aliphatic heterocycles. The highest BCUT2D eigenvalue weighted by Crippen LogP contribution is 2.26. The molecular formula is C19H23NO2. The Balaban J connectivity index is 1.55. The Morgan fingerprint density at radius 3 is 2.59 bits per heavy atom. The van der Waals surface area contributed by atoms with Crippen LogP contribution in [0.15, 0.2) is 48.5 Å². The molecule has 0 bridgehead atoms. The van der Waals surface area contributed by atoms with Crippen LogP contribution in [0.3, 0.4) is 0 Å². The van der Waals surface area contributed by atoms with Gasteiger partial charge in [-0.05, 0) is 54.3 Å². The first-order chi connectivity index (χ1) is 10.8. The normalized spacial score (nSPS) is 17.4. The second-order valence-electron chi connectivity index (χ2n) is 5.73. The van der Waals surface area contributed by atoms with Crippen LogP contribution in [0.1, 0.15) is 24.0 Å². The van der Waals surface area contributed by atoms with Gasteiger partial charge in [0.1, 0.15) is 24.7 Å². The van der Waals surface area contributed by atoms with E-state index in [1.54, 1.807) is 0 Å². The van der Waals surface area contributed by atoms with E-state index in [9.17, 15) is 0 Å². The molecular weight excluding hydrogens is 274 g/mol. The smallest absolute Gasteiger partial charge is 0.122 e. The third-order valence-electron chi connectivity index (χ3n) is 4.03. The molecule has 2 aromatic carbocycles. The van der Waals surface area contributed by atoms with Gasteiger partial charge in [0.05, 0.1) is 0 Å². The molecule has 3 heteroatoms. The minimum atomic E-state index is 0.529. The first kappa shape index (κ1) is 14.9. The van der Waals surface area contributed by atoms with E-state index >= 15 is 0 Å². The van der Waals surface area contributed by atoms with Crippen molar-refractivity contribution in [3.05, 3.63) is 59.7 Å². The Kier molecular flexibility index (Phi) is 4.96. The summed E-state index contributed by atoms with van der Waals surface area (Å²) in [6, 6.07) is 16.3. The van der Waals surface area contributed by atoms with Gasteiger partial charge >= 0.3 is 0 Å². The van der Waals surface area contributed by atoms with E-state index in [0.717, 1.165) is 31.0 Å². The van der Waals surface area contributed by atoms with Crippen LogP contribution < -0.4 is 14.8 Å². The Morgan fingerprint density at radius 2 is 1.77 bits per heavy atom. The molecule has 1 heterocycles. The van der Waals surface area contributed by atoms with E-state index in [-0.39, 0.29) is 0 Å². The quantitative estimate of drug-likeness (QED) is 0.858. The van der Waals surface area contributed by atoms with Crippen LogP contribution in [0.25, 0.3) is 0 Å². The van der Waals surface area contributed by atoms with Gasteiger partial charge in [-0.25, -0.2) is 0 Å². The topological polar surface area (TPSA) is 30.5 Å². The maximum atomic E-state index is 5.84. The Bertz CT molecular complexity index is 598. The highest BCUT2D eigenvalue weighted by Gasteiger charge is 2.15. The largest absolute Gasteiger partial charge is 0.490 e. The zero-order valence-corrected chi connectivity index (χ0v) is 13.0. The van der Waals surface area contributed by atoms with Crippen LogP contribution in [0.5, 0.6) is 11.5 Å². The second-order valence-corrected chi connectivity index (χ2v) is 5.73. The van der Waals surface area contributed by atoms with Gasteiger partial charge in [0, 0.05) is 6.54 Å². The van der Waals surface area contributed by atoms with Crippen LogP contribution in [-0.4, -0.2) is 26.3 Å². The summed E-state index contributed by atoms with van der Waals surface area (Å²) in [5.74, 6) is 2.35. The average Bonchev–Trinajstić information content (AvgIpc) is 2.74. The summed E-state index contributed by atoms with van der Waals surface area (Å²) < 4.78 is 11.5. The zero-order chi connectivity index (χ0) is 15.2. The van der Waals surface area contributed by atoms with Crippen molar-refractivity contribution in [2.24, 2.45) is 0 Å². The lowest BCUT2D eigenvalue weighted by Crippen LogP contribution is -2.18. The first-order valence-electron chi connectivity index (χ1n) is 7.97. The molecule has 1 unspecified atom stereocenters. The number of fused-ring (bicyclic) bond motifs is 1. The van der Waals surface area contributed by atoms with Gasteiger partial charge in [-0.15, -0.1) is 0 Å². The molecule has 0 fully saturated rings. The zero-order valence-electron chi connectivity index (χ0n) is 13.0. The van der Waals surface area contributed by atoms with Crippen LogP contribution >= 0.6 is 0 Å². The van der Waals surface area contributed by atoms with Crippen molar-refractivity contribution in [3.63, 3.8) is 0 Å². The number of benzene rings is 2. The van der Waals surface area contributed by atoms with E-state index in [1.807, 2.05) is 30.3 Å². The third kappa shape index (κ3) is 3.80. The minimum Gasteiger partial charge on any atom is -0.490 e. The molecule has 1 aliphatic rings. The van der Waals surface area contributed by atoms with Gasteiger partial charge in [0.2, 0.25) is 0 Å². The monoisotopic (exact) mass is 297 g/mol. The first-order valence-corrected chi connectivity index (χ1v) is 7.97. The number of para-hydroxylation sites is 1. The summed E-state index contributed by atoms with van der Waals surface area (Å²) >= 11 is 0. The van der Waals surface area contributed by atoms with E-state index in [2.05, 4.69) is 30.4 Å². The number of rotatable bonds is 5. The van der Waals surface area contributed by atoms with E-state index < -0.39 is 0 Å². The molecule has 0 saturated carbocycles. The summed E-state index contributed by atoms with van der Waals surface area (Å²) in [6.45, 7) is 5.47. The molecule has 22 heavy (non-hydrogen) atoms. The molecule has 116 valence electrons. The van der Waals surface area contributed by atoms with Crippen molar-refractivity contribution in [3.8, 4) is 11.5 Å².